The number of hydrogen-bond acceptors (Lipinski definition) is 6. The van der Waals surface area contributed by atoms with Crippen LogP contribution in [-0.2, 0) is 16.0 Å². The van der Waals surface area contributed by atoms with Gasteiger partial charge in [-0.05, 0) is 65.1 Å². The quantitative estimate of drug-likeness (QED) is 0.180. The molecule has 0 saturated heterocycles. The molecule has 4 aromatic carbocycles. The number of aryl methyl sites for hydroxylation is 1. The van der Waals surface area contributed by atoms with Crippen LogP contribution >= 0.6 is 22.9 Å². The first-order valence-corrected chi connectivity index (χ1v) is 16.9. The Morgan fingerprint density at radius 1 is 0.875 bits per heavy atom. The van der Waals surface area contributed by atoms with E-state index in [0.717, 1.165) is 33.6 Å². The molecule has 0 fully saturated rings. The number of thiophene rings is 1. The number of anilines is 2. The van der Waals surface area contributed by atoms with Crippen molar-refractivity contribution in [3.8, 4) is 16.9 Å². The second-order valence-electron chi connectivity index (χ2n) is 11.5. The van der Waals surface area contributed by atoms with Crippen LogP contribution in [0.1, 0.15) is 50.1 Å². The topological polar surface area (TPSA) is 97.0 Å². The lowest BCUT2D eigenvalue weighted by Gasteiger charge is -2.29. The first-order chi connectivity index (χ1) is 23.4. The van der Waals surface area contributed by atoms with Crippen molar-refractivity contribution in [3.05, 3.63) is 135 Å². The van der Waals surface area contributed by atoms with Gasteiger partial charge in [0.05, 0.1) is 22.1 Å². The van der Waals surface area contributed by atoms with Gasteiger partial charge >= 0.3 is 6.09 Å². The summed E-state index contributed by atoms with van der Waals surface area (Å²) in [6.45, 7) is 2.48. The zero-order valence-electron chi connectivity index (χ0n) is 26.1. The van der Waals surface area contributed by atoms with Gasteiger partial charge in [0.15, 0.2) is 0 Å². The molecule has 48 heavy (non-hydrogen) atoms. The van der Waals surface area contributed by atoms with E-state index in [1.807, 2.05) is 43.3 Å². The molecule has 0 radical (unpaired) electrons. The molecule has 0 bridgehead atoms. The lowest BCUT2D eigenvalue weighted by Crippen LogP contribution is -2.42. The summed E-state index contributed by atoms with van der Waals surface area (Å²) in [6.07, 6.45) is 0.233. The molecular formula is C38H32ClN3O5S. The molecule has 2 N–H and O–H groups in total. The van der Waals surface area contributed by atoms with Crippen LogP contribution in [0.2, 0.25) is 5.02 Å². The SMILES string of the molecule is CCc1ccc(C(=O)Nc2ccc(NC(=O)C3c4ccccc4OCCN3C(=O)OCC3c4ccccc4-c4ccccc43)cc2Cl)s1. The number of nitrogens with one attached hydrogen (secondary N) is 2. The number of hydrogen-bond donors (Lipinski definition) is 2. The number of rotatable bonds is 7. The average molecular weight is 678 g/mol. The van der Waals surface area contributed by atoms with E-state index in [1.165, 1.54) is 16.2 Å². The zero-order valence-corrected chi connectivity index (χ0v) is 27.6. The van der Waals surface area contributed by atoms with Crippen LogP contribution < -0.4 is 15.4 Å². The third kappa shape index (κ3) is 6.14. The van der Waals surface area contributed by atoms with Crippen molar-refractivity contribution in [1.82, 2.24) is 4.90 Å². The van der Waals surface area contributed by atoms with Crippen molar-refractivity contribution in [2.75, 3.05) is 30.4 Å². The Bertz CT molecular complexity index is 1980. The van der Waals surface area contributed by atoms with E-state index < -0.39 is 18.0 Å². The molecule has 1 aliphatic heterocycles. The lowest BCUT2D eigenvalue weighted by atomic mass is 9.98. The molecule has 8 nitrogen and oxygen atoms in total. The van der Waals surface area contributed by atoms with Gasteiger partial charge in [-0.2, -0.15) is 0 Å². The summed E-state index contributed by atoms with van der Waals surface area (Å²) >= 11 is 7.99. The van der Waals surface area contributed by atoms with Crippen molar-refractivity contribution in [2.45, 2.75) is 25.3 Å². The highest BCUT2D eigenvalue weighted by Gasteiger charge is 2.37. The molecule has 2 heterocycles. The van der Waals surface area contributed by atoms with Gasteiger partial charge < -0.3 is 20.1 Å². The Balaban J connectivity index is 1.10. The Kier molecular flexibility index (Phi) is 8.88. The van der Waals surface area contributed by atoms with E-state index in [9.17, 15) is 14.4 Å². The molecule has 1 unspecified atom stereocenters. The van der Waals surface area contributed by atoms with Crippen molar-refractivity contribution in [2.24, 2.45) is 0 Å². The third-order valence-electron chi connectivity index (χ3n) is 8.65. The third-order valence-corrected chi connectivity index (χ3v) is 10.2. The van der Waals surface area contributed by atoms with Crippen LogP contribution in [0.3, 0.4) is 0 Å². The van der Waals surface area contributed by atoms with E-state index in [-0.39, 0.29) is 36.6 Å². The molecule has 3 amide bonds. The maximum absolute atomic E-state index is 14.0. The summed E-state index contributed by atoms with van der Waals surface area (Å²) in [6, 6.07) is 31.0. The van der Waals surface area contributed by atoms with Gasteiger partial charge in [-0.25, -0.2) is 4.79 Å². The predicted octanol–water partition coefficient (Wildman–Crippen LogP) is 8.54. The standard InChI is InChI=1S/C38H32ClN3O5S/c1-2-24-16-18-34(48-24)36(43)41-32-17-15-23(21-31(32)39)40-37(44)35-29-13-7-8-14-33(29)46-20-19-42(35)38(45)47-22-30-27-11-5-3-9-25(27)26-10-4-6-12-28(26)30/h3-18,21,30,35H,2,19-20,22H2,1H3,(H,40,44)(H,41,43). The van der Waals surface area contributed by atoms with Gasteiger partial charge in [0.1, 0.15) is 25.0 Å². The van der Waals surface area contributed by atoms with Crippen molar-refractivity contribution < 1.29 is 23.9 Å². The van der Waals surface area contributed by atoms with Crippen LogP contribution in [-0.4, -0.2) is 42.6 Å². The summed E-state index contributed by atoms with van der Waals surface area (Å²) in [7, 11) is 0. The van der Waals surface area contributed by atoms with Crippen LogP contribution in [0.25, 0.3) is 11.1 Å². The first-order valence-electron chi connectivity index (χ1n) is 15.7. The molecule has 7 rings (SSSR count). The van der Waals surface area contributed by atoms with Gasteiger partial charge in [0, 0.05) is 22.0 Å². The maximum Gasteiger partial charge on any atom is 0.410 e. The molecule has 5 aromatic rings. The number of fused-ring (bicyclic) bond motifs is 4. The zero-order chi connectivity index (χ0) is 33.2. The van der Waals surface area contributed by atoms with Gasteiger partial charge in [0.2, 0.25) is 0 Å². The number of para-hydroxylation sites is 1. The summed E-state index contributed by atoms with van der Waals surface area (Å²) in [5, 5.41) is 6.01. The predicted molar refractivity (Wildman–Crippen MR) is 188 cm³/mol. The van der Waals surface area contributed by atoms with Gasteiger partial charge in [-0.1, -0.05) is 85.3 Å². The van der Waals surface area contributed by atoms with E-state index in [2.05, 4.69) is 34.9 Å². The largest absolute Gasteiger partial charge is 0.491 e. The number of carbonyl (C=O) groups is 3. The fourth-order valence-corrected chi connectivity index (χ4v) is 7.39. The number of amides is 3. The molecule has 1 aliphatic carbocycles. The van der Waals surface area contributed by atoms with Gasteiger partial charge in [-0.3, -0.25) is 14.5 Å². The number of nitrogens with zero attached hydrogens (tertiary/aromatic N) is 1. The molecule has 1 aromatic heterocycles. The van der Waals surface area contributed by atoms with E-state index in [0.29, 0.717) is 27.6 Å². The first kappa shape index (κ1) is 31.5. The monoisotopic (exact) mass is 677 g/mol. The van der Waals surface area contributed by atoms with Crippen molar-refractivity contribution >= 4 is 52.2 Å². The number of halogens is 1. The van der Waals surface area contributed by atoms with Crippen LogP contribution in [0.15, 0.2) is 103 Å². The molecule has 0 spiro atoms. The van der Waals surface area contributed by atoms with Crippen molar-refractivity contribution in [3.63, 3.8) is 0 Å². The normalized spacial score (nSPS) is 15.0. The molecule has 242 valence electrons. The highest BCUT2D eigenvalue weighted by Crippen LogP contribution is 2.45. The molecule has 10 heteroatoms. The van der Waals surface area contributed by atoms with Crippen molar-refractivity contribution in [1.29, 1.82) is 0 Å². The second-order valence-corrected chi connectivity index (χ2v) is 13.1. The molecule has 2 aliphatic rings. The molecule has 1 atom stereocenters. The van der Waals surface area contributed by atoms with Gasteiger partial charge in [0.25, 0.3) is 11.8 Å². The number of carbonyl (C=O) groups excluding carboxylic acids is 3. The highest BCUT2D eigenvalue weighted by molar-refractivity contribution is 7.14. The fourth-order valence-electron chi connectivity index (χ4n) is 6.32. The smallest absolute Gasteiger partial charge is 0.410 e. The Hall–Kier alpha value is -5.12. The second kappa shape index (κ2) is 13.5. The van der Waals surface area contributed by atoms with Gasteiger partial charge in [-0.15, -0.1) is 11.3 Å². The number of ether oxygens (including phenoxy) is 2. The molecular weight excluding hydrogens is 646 g/mol. The average Bonchev–Trinajstić information content (AvgIpc) is 3.65. The van der Waals surface area contributed by atoms with Crippen LogP contribution in [0.5, 0.6) is 5.75 Å². The Morgan fingerprint density at radius 3 is 2.25 bits per heavy atom. The summed E-state index contributed by atoms with van der Waals surface area (Å²) < 4.78 is 11.9. The van der Waals surface area contributed by atoms with E-state index >= 15 is 0 Å². The fraction of sp³-hybridized carbons (Fsp3) is 0.184. The van der Waals surface area contributed by atoms with Crippen LogP contribution in [0, 0.1) is 0 Å². The summed E-state index contributed by atoms with van der Waals surface area (Å²) in [4.78, 5) is 43.8. The van der Waals surface area contributed by atoms with Crippen LogP contribution in [0.4, 0.5) is 16.2 Å². The summed E-state index contributed by atoms with van der Waals surface area (Å²) in [5.74, 6) is -0.325. The van der Waals surface area contributed by atoms with E-state index in [1.54, 1.807) is 42.5 Å². The number of benzene rings is 4. The Morgan fingerprint density at radius 2 is 1.56 bits per heavy atom. The Labute approximate surface area is 287 Å². The summed E-state index contributed by atoms with van der Waals surface area (Å²) in [5.41, 5.74) is 5.82. The van der Waals surface area contributed by atoms with E-state index in [4.69, 9.17) is 21.1 Å². The maximum atomic E-state index is 14.0. The minimum atomic E-state index is -1.04. The highest BCUT2D eigenvalue weighted by atomic mass is 35.5. The minimum absolute atomic E-state index is 0.119. The molecule has 0 saturated carbocycles. The lowest BCUT2D eigenvalue weighted by molar-refractivity contribution is -0.121. The minimum Gasteiger partial charge on any atom is -0.491 e.